The van der Waals surface area contributed by atoms with Crippen LogP contribution in [0.15, 0.2) is 53.3 Å². The van der Waals surface area contributed by atoms with E-state index in [1.54, 1.807) is 0 Å². The zero-order chi connectivity index (χ0) is 25.5. The van der Waals surface area contributed by atoms with Gasteiger partial charge in [0.1, 0.15) is 22.8 Å². The van der Waals surface area contributed by atoms with Crippen molar-refractivity contribution in [1.29, 1.82) is 0 Å². The van der Waals surface area contributed by atoms with Crippen molar-refractivity contribution in [2.45, 2.75) is 38.2 Å². The number of Topliss-reactive ketones (excluding diaryl/α,β-unsaturated/α-hetero) is 3. The summed E-state index contributed by atoms with van der Waals surface area (Å²) in [5, 5.41) is 44.1. The molecule has 0 aromatic heterocycles. The van der Waals surface area contributed by atoms with Crippen LogP contribution in [0.4, 0.5) is 0 Å². The fourth-order valence-electron chi connectivity index (χ4n) is 6.48. The van der Waals surface area contributed by atoms with E-state index in [0.717, 1.165) is 23.6 Å². The smallest absolute Gasteiger partial charge is 0.202 e. The molecule has 182 valence electrons. The summed E-state index contributed by atoms with van der Waals surface area (Å²) in [4.78, 5) is 38.2. The number of aromatic hydroxyl groups is 1. The number of fused-ring (bicyclic) bond motifs is 4. The number of benzene rings is 2. The second-order valence-electron chi connectivity index (χ2n) is 10.1. The number of carbonyl (C=O) groups is 3. The van der Waals surface area contributed by atoms with Crippen LogP contribution in [0.3, 0.4) is 0 Å². The summed E-state index contributed by atoms with van der Waals surface area (Å²) >= 11 is 0. The van der Waals surface area contributed by atoms with Gasteiger partial charge in [-0.1, -0.05) is 36.4 Å². The van der Waals surface area contributed by atoms with E-state index >= 15 is 0 Å². The Labute approximate surface area is 206 Å². The lowest BCUT2D eigenvalue weighted by Gasteiger charge is -2.46. The lowest BCUT2D eigenvalue weighted by atomic mass is 9.59. The molecule has 0 saturated heterocycles. The number of hydrogen-bond acceptors (Lipinski definition) is 7. The van der Waals surface area contributed by atoms with Gasteiger partial charge in [-0.15, -0.1) is 0 Å². The van der Waals surface area contributed by atoms with Crippen LogP contribution in [0.1, 0.15) is 47.6 Å². The molecular formula is C29H24O7. The Morgan fingerprint density at radius 1 is 1.03 bits per heavy atom. The van der Waals surface area contributed by atoms with Crippen molar-refractivity contribution in [3.05, 3.63) is 81.1 Å². The van der Waals surface area contributed by atoms with Crippen molar-refractivity contribution in [2.24, 2.45) is 11.8 Å². The van der Waals surface area contributed by atoms with Crippen LogP contribution in [-0.2, 0) is 27.2 Å². The molecule has 6 rings (SSSR count). The molecule has 0 heterocycles. The van der Waals surface area contributed by atoms with Crippen molar-refractivity contribution in [2.75, 3.05) is 0 Å². The predicted octanol–water partition coefficient (Wildman–Crippen LogP) is 3.62. The van der Waals surface area contributed by atoms with E-state index in [1.165, 1.54) is 11.6 Å². The van der Waals surface area contributed by atoms with Gasteiger partial charge < -0.3 is 20.4 Å². The summed E-state index contributed by atoms with van der Waals surface area (Å²) in [5.41, 5.74) is 1.85. The van der Waals surface area contributed by atoms with E-state index in [9.17, 15) is 34.8 Å². The second-order valence-corrected chi connectivity index (χ2v) is 10.1. The van der Waals surface area contributed by atoms with Gasteiger partial charge in [0.25, 0.3) is 0 Å². The first-order valence-corrected chi connectivity index (χ1v) is 11.9. The Morgan fingerprint density at radius 2 is 1.78 bits per heavy atom. The minimum Gasteiger partial charge on any atom is -0.508 e. The highest BCUT2D eigenvalue weighted by Crippen LogP contribution is 2.53. The molecule has 4 N–H and O–H groups in total. The van der Waals surface area contributed by atoms with Gasteiger partial charge in [0.15, 0.2) is 17.2 Å². The molecule has 0 aliphatic heterocycles. The zero-order valence-corrected chi connectivity index (χ0v) is 19.5. The molecule has 0 radical (unpaired) electrons. The minimum absolute atomic E-state index is 0.0961. The van der Waals surface area contributed by atoms with E-state index in [2.05, 4.69) is 12.1 Å². The Balaban J connectivity index is 1.50. The van der Waals surface area contributed by atoms with Crippen molar-refractivity contribution in [3.8, 4) is 5.75 Å². The highest BCUT2D eigenvalue weighted by Gasteiger charge is 2.60. The van der Waals surface area contributed by atoms with Crippen LogP contribution in [0.2, 0.25) is 0 Å². The molecule has 2 aromatic rings. The Morgan fingerprint density at radius 3 is 2.50 bits per heavy atom. The number of aliphatic hydroxyl groups is 3. The molecule has 36 heavy (non-hydrogen) atoms. The summed E-state index contributed by atoms with van der Waals surface area (Å²) < 4.78 is 0. The third-order valence-electron chi connectivity index (χ3n) is 8.16. The Hall–Kier alpha value is -3.97. The number of phenolic OH excluding ortho intramolecular Hbond substituents is 1. The standard InChI is InChI=1S/C29H24O7/c1-13(30)23-22(32)12-18-10-17-11-20-19(16-8-14-4-2-3-5-15(14)9-16)6-7-21(31)25(20)26(33)24(17)28(35)29(18,36)27(23)34/h2-8,17-18,31,33-34,36H,9-12H2,1H3/t17-,18+,29-/m1/s1. The third-order valence-corrected chi connectivity index (χ3v) is 8.16. The number of carbonyl (C=O) groups excluding carboxylic acids is 3. The van der Waals surface area contributed by atoms with Crippen LogP contribution < -0.4 is 0 Å². The van der Waals surface area contributed by atoms with Gasteiger partial charge in [0, 0.05) is 17.9 Å². The maximum Gasteiger partial charge on any atom is 0.202 e. The SMILES string of the molecule is CC(=O)C1=C(O)[C@@]2(O)C(=O)C3=C(O)c4c(O)ccc(C5=Cc6ccccc6C5)c4C[C@H]3C[C@H]2CC1=O. The minimum atomic E-state index is -2.48. The summed E-state index contributed by atoms with van der Waals surface area (Å²) in [6.45, 7) is 1.09. The van der Waals surface area contributed by atoms with Gasteiger partial charge in [0.05, 0.1) is 5.56 Å². The fourth-order valence-corrected chi connectivity index (χ4v) is 6.48. The topological polar surface area (TPSA) is 132 Å². The molecule has 2 aromatic carbocycles. The van der Waals surface area contributed by atoms with Gasteiger partial charge in [0.2, 0.25) is 5.78 Å². The Kier molecular flexibility index (Phi) is 4.69. The monoisotopic (exact) mass is 484 g/mol. The highest BCUT2D eigenvalue weighted by molar-refractivity contribution is 6.23. The molecule has 0 unspecified atom stereocenters. The quantitative estimate of drug-likeness (QED) is 0.479. The van der Waals surface area contributed by atoms with Crippen molar-refractivity contribution >= 4 is 34.8 Å². The maximum absolute atomic E-state index is 13.6. The Bertz CT molecular complexity index is 1510. The van der Waals surface area contributed by atoms with E-state index in [-0.39, 0.29) is 29.7 Å². The summed E-state index contributed by atoms with van der Waals surface area (Å²) in [7, 11) is 0. The fraction of sp³-hybridized carbons (Fsp3) is 0.276. The first kappa shape index (κ1) is 22.5. The molecule has 4 aliphatic rings. The van der Waals surface area contributed by atoms with Gasteiger partial charge in [-0.25, -0.2) is 0 Å². The van der Waals surface area contributed by atoms with Crippen LogP contribution in [0.25, 0.3) is 17.4 Å². The van der Waals surface area contributed by atoms with Crippen molar-refractivity contribution in [1.82, 2.24) is 0 Å². The summed E-state index contributed by atoms with van der Waals surface area (Å²) in [5.74, 6) is -5.33. The molecule has 4 aliphatic carbocycles. The molecule has 0 bridgehead atoms. The molecule has 1 saturated carbocycles. The molecule has 7 heteroatoms. The molecule has 1 fully saturated rings. The number of phenols is 1. The van der Waals surface area contributed by atoms with Crippen LogP contribution in [0.5, 0.6) is 5.75 Å². The zero-order valence-electron chi connectivity index (χ0n) is 19.5. The van der Waals surface area contributed by atoms with E-state index in [1.807, 2.05) is 24.3 Å². The number of allylic oxidation sites excluding steroid dienone is 2. The number of aliphatic hydroxyl groups excluding tert-OH is 2. The molecule has 7 nitrogen and oxygen atoms in total. The van der Waals surface area contributed by atoms with Gasteiger partial charge in [-0.05, 0) is 66.0 Å². The van der Waals surface area contributed by atoms with Gasteiger partial charge >= 0.3 is 0 Å². The first-order valence-electron chi connectivity index (χ1n) is 11.9. The predicted molar refractivity (Wildman–Crippen MR) is 131 cm³/mol. The average Bonchev–Trinajstić information content (AvgIpc) is 3.25. The third kappa shape index (κ3) is 2.86. The van der Waals surface area contributed by atoms with E-state index in [0.29, 0.717) is 18.4 Å². The second kappa shape index (κ2) is 7.51. The average molecular weight is 485 g/mol. The summed E-state index contributed by atoms with van der Waals surface area (Å²) in [6, 6.07) is 11.3. The molecule has 0 spiro atoms. The number of hydrogen-bond donors (Lipinski definition) is 4. The number of rotatable bonds is 2. The normalized spacial score (nSPS) is 26.8. The van der Waals surface area contributed by atoms with E-state index < -0.39 is 51.9 Å². The highest BCUT2D eigenvalue weighted by atomic mass is 16.3. The van der Waals surface area contributed by atoms with Gasteiger partial charge in [-0.3, -0.25) is 14.4 Å². The summed E-state index contributed by atoms with van der Waals surface area (Å²) in [6.07, 6.45) is 2.97. The van der Waals surface area contributed by atoms with Crippen LogP contribution in [-0.4, -0.2) is 43.4 Å². The maximum atomic E-state index is 13.6. The lowest BCUT2D eigenvalue weighted by molar-refractivity contribution is -0.147. The largest absolute Gasteiger partial charge is 0.508 e. The lowest BCUT2D eigenvalue weighted by Crippen LogP contribution is -2.57. The molecular weight excluding hydrogens is 460 g/mol. The van der Waals surface area contributed by atoms with Crippen LogP contribution >= 0.6 is 0 Å². The van der Waals surface area contributed by atoms with E-state index in [4.69, 9.17) is 0 Å². The van der Waals surface area contributed by atoms with Crippen LogP contribution in [0, 0.1) is 11.8 Å². The molecule has 3 atom stereocenters. The van der Waals surface area contributed by atoms with Gasteiger partial charge in [-0.2, -0.15) is 0 Å². The van der Waals surface area contributed by atoms with Crippen molar-refractivity contribution in [3.63, 3.8) is 0 Å². The number of ketones is 3. The first-order chi connectivity index (χ1) is 17.1. The van der Waals surface area contributed by atoms with Crippen molar-refractivity contribution < 1.29 is 34.8 Å². The molecule has 0 amide bonds.